The first kappa shape index (κ1) is 11.1. The largest absolute Gasteiger partial charge is 0.294 e. The molecule has 0 heterocycles. The zero-order valence-corrected chi connectivity index (χ0v) is 8.53. The van der Waals surface area contributed by atoms with Crippen molar-refractivity contribution in [2.45, 2.75) is 20.3 Å². The summed E-state index contributed by atoms with van der Waals surface area (Å²) in [4.78, 5) is 11.0. The van der Waals surface area contributed by atoms with Crippen molar-refractivity contribution >= 4 is 17.4 Å². The second-order valence-corrected chi connectivity index (χ2v) is 3.39. The van der Waals surface area contributed by atoms with Crippen LogP contribution in [-0.4, -0.2) is 5.78 Å². The number of Topliss-reactive ketones (excluding diaryl/α,β-unsaturated/α-hetero) is 1. The first-order chi connectivity index (χ1) is 6.45. The van der Waals surface area contributed by atoms with Crippen molar-refractivity contribution in [2.24, 2.45) is 0 Å². The summed E-state index contributed by atoms with van der Waals surface area (Å²) in [6.45, 7) is 2.87. The van der Waals surface area contributed by atoms with Crippen LogP contribution in [0.15, 0.2) is 12.1 Å². The van der Waals surface area contributed by atoms with E-state index in [4.69, 9.17) is 11.6 Å². The Morgan fingerprint density at radius 1 is 1.43 bits per heavy atom. The minimum absolute atomic E-state index is 0.00407. The van der Waals surface area contributed by atoms with Crippen LogP contribution < -0.4 is 0 Å². The lowest BCUT2D eigenvalue weighted by Gasteiger charge is -2.10. The number of halogens is 3. The highest BCUT2D eigenvalue weighted by Crippen LogP contribution is 2.32. The molecular weight excluding hydrogens is 210 g/mol. The van der Waals surface area contributed by atoms with Gasteiger partial charge in [0.2, 0.25) is 0 Å². The maximum Gasteiger partial charge on any atom is 0.265 e. The second kappa shape index (κ2) is 4.05. The number of carbonyl (C=O) groups is 1. The number of hydrogen-bond donors (Lipinski definition) is 0. The predicted molar refractivity (Wildman–Crippen MR) is 51.2 cm³/mol. The molecule has 0 bridgehead atoms. The molecule has 0 spiro atoms. The molecule has 0 aromatic heterocycles. The van der Waals surface area contributed by atoms with E-state index in [9.17, 15) is 13.6 Å². The Kier molecular flexibility index (Phi) is 3.21. The maximum absolute atomic E-state index is 12.6. The van der Waals surface area contributed by atoms with Crippen molar-refractivity contribution in [2.75, 3.05) is 0 Å². The molecule has 1 nitrogen and oxygen atoms in total. The number of carbonyl (C=O) groups excluding carboxylic acids is 1. The van der Waals surface area contributed by atoms with Gasteiger partial charge < -0.3 is 0 Å². The Hall–Kier alpha value is -0.960. The van der Waals surface area contributed by atoms with Crippen molar-refractivity contribution in [3.63, 3.8) is 0 Å². The van der Waals surface area contributed by atoms with Crippen LogP contribution in [-0.2, 0) is 0 Å². The number of alkyl halides is 2. The molecule has 1 aromatic rings. The van der Waals surface area contributed by atoms with Crippen LogP contribution in [0.5, 0.6) is 0 Å². The first-order valence-corrected chi connectivity index (χ1v) is 4.41. The molecule has 0 radical (unpaired) electrons. The molecule has 0 aliphatic rings. The van der Waals surface area contributed by atoms with E-state index in [0.29, 0.717) is 5.56 Å². The van der Waals surface area contributed by atoms with E-state index in [1.807, 2.05) is 0 Å². The van der Waals surface area contributed by atoms with Crippen LogP contribution in [0.2, 0.25) is 5.02 Å². The Labute approximate surface area is 85.7 Å². The van der Waals surface area contributed by atoms with E-state index in [2.05, 4.69) is 0 Å². The van der Waals surface area contributed by atoms with E-state index < -0.39 is 12.2 Å². The Bertz CT molecular complexity index is 375. The molecule has 1 aromatic carbocycles. The Morgan fingerprint density at radius 2 is 2.00 bits per heavy atom. The summed E-state index contributed by atoms with van der Waals surface area (Å²) in [5.41, 5.74) is 0.182. The van der Waals surface area contributed by atoms with E-state index in [-0.39, 0.29) is 16.1 Å². The Balaban J connectivity index is 3.45. The minimum Gasteiger partial charge on any atom is -0.294 e. The highest BCUT2D eigenvalue weighted by Gasteiger charge is 2.20. The lowest BCUT2D eigenvalue weighted by Crippen LogP contribution is -2.02. The topological polar surface area (TPSA) is 17.1 Å². The van der Waals surface area contributed by atoms with E-state index >= 15 is 0 Å². The molecule has 0 fully saturated rings. The highest BCUT2D eigenvalue weighted by molar-refractivity contribution is 6.32. The van der Waals surface area contributed by atoms with Crippen LogP contribution in [0, 0.1) is 6.92 Å². The monoisotopic (exact) mass is 218 g/mol. The number of hydrogen-bond acceptors (Lipinski definition) is 1. The van der Waals surface area contributed by atoms with Gasteiger partial charge in [-0.3, -0.25) is 4.79 Å². The number of benzene rings is 1. The number of ketones is 1. The molecule has 0 atom stereocenters. The van der Waals surface area contributed by atoms with Crippen LogP contribution in [0.4, 0.5) is 8.78 Å². The van der Waals surface area contributed by atoms with Crippen LogP contribution in [0.25, 0.3) is 0 Å². The standard InChI is InChI=1S/C10H9ClF2O/c1-5-3-4-7(6(2)14)8(9(5)11)10(12)13/h3-4,10H,1-2H3. The summed E-state index contributed by atoms with van der Waals surface area (Å²) >= 11 is 5.71. The predicted octanol–water partition coefficient (Wildman–Crippen LogP) is 3.79. The molecule has 0 saturated carbocycles. The highest BCUT2D eigenvalue weighted by atomic mass is 35.5. The molecule has 1 rings (SSSR count). The smallest absolute Gasteiger partial charge is 0.265 e. The third-order valence-corrected chi connectivity index (χ3v) is 2.47. The van der Waals surface area contributed by atoms with Crippen molar-refractivity contribution < 1.29 is 13.6 Å². The van der Waals surface area contributed by atoms with Crippen molar-refractivity contribution in [1.82, 2.24) is 0 Å². The first-order valence-electron chi connectivity index (χ1n) is 4.03. The molecule has 0 amide bonds. The van der Waals surface area contributed by atoms with Gasteiger partial charge in [0, 0.05) is 11.1 Å². The van der Waals surface area contributed by atoms with Crippen LogP contribution in [0.3, 0.4) is 0 Å². The lowest BCUT2D eigenvalue weighted by atomic mass is 10.0. The van der Waals surface area contributed by atoms with Gasteiger partial charge >= 0.3 is 0 Å². The Morgan fingerprint density at radius 3 is 2.43 bits per heavy atom. The van der Waals surface area contributed by atoms with Crippen molar-refractivity contribution in [3.8, 4) is 0 Å². The van der Waals surface area contributed by atoms with Crippen molar-refractivity contribution in [3.05, 3.63) is 33.8 Å². The quantitative estimate of drug-likeness (QED) is 0.691. The fraction of sp³-hybridized carbons (Fsp3) is 0.300. The molecule has 0 aliphatic carbocycles. The molecule has 14 heavy (non-hydrogen) atoms. The number of aryl methyl sites for hydroxylation is 1. The summed E-state index contributed by atoms with van der Waals surface area (Å²) < 4.78 is 25.2. The van der Waals surface area contributed by atoms with Crippen LogP contribution in [0.1, 0.15) is 34.8 Å². The van der Waals surface area contributed by atoms with Gasteiger partial charge in [-0.15, -0.1) is 0 Å². The molecule has 0 aliphatic heterocycles. The van der Waals surface area contributed by atoms with Gasteiger partial charge in [-0.2, -0.15) is 0 Å². The average Bonchev–Trinajstić information content (AvgIpc) is 2.08. The van der Waals surface area contributed by atoms with Gasteiger partial charge in [-0.1, -0.05) is 23.7 Å². The van der Waals surface area contributed by atoms with Gasteiger partial charge in [0.1, 0.15) is 0 Å². The molecule has 76 valence electrons. The van der Waals surface area contributed by atoms with E-state index in [0.717, 1.165) is 0 Å². The van der Waals surface area contributed by atoms with Gasteiger partial charge in [-0.05, 0) is 19.4 Å². The molecule has 0 N–H and O–H groups in total. The normalized spacial score (nSPS) is 10.7. The van der Waals surface area contributed by atoms with E-state index in [1.165, 1.54) is 13.0 Å². The van der Waals surface area contributed by atoms with Crippen LogP contribution >= 0.6 is 11.6 Å². The van der Waals surface area contributed by atoms with Gasteiger partial charge in [0.05, 0.1) is 5.02 Å². The summed E-state index contributed by atoms with van der Waals surface area (Å²) in [6.07, 6.45) is -2.72. The molecule has 0 saturated heterocycles. The third kappa shape index (κ3) is 1.93. The van der Waals surface area contributed by atoms with Gasteiger partial charge in [-0.25, -0.2) is 8.78 Å². The fourth-order valence-electron chi connectivity index (χ4n) is 1.22. The summed E-state index contributed by atoms with van der Waals surface area (Å²) in [5.74, 6) is -0.401. The minimum atomic E-state index is -2.72. The second-order valence-electron chi connectivity index (χ2n) is 3.01. The summed E-state index contributed by atoms with van der Waals surface area (Å²) in [5, 5.41) is -0.0206. The fourth-order valence-corrected chi connectivity index (χ4v) is 1.47. The SMILES string of the molecule is CC(=O)c1ccc(C)c(Cl)c1C(F)F. The zero-order valence-electron chi connectivity index (χ0n) is 7.77. The molecule has 4 heteroatoms. The third-order valence-electron chi connectivity index (χ3n) is 1.97. The average molecular weight is 219 g/mol. The summed E-state index contributed by atoms with van der Waals surface area (Å²) in [7, 11) is 0. The van der Waals surface area contributed by atoms with E-state index in [1.54, 1.807) is 13.0 Å². The van der Waals surface area contributed by atoms with Gasteiger partial charge in [0.15, 0.2) is 5.78 Å². The lowest BCUT2D eigenvalue weighted by molar-refractivity contribution is 0.0999. The van der Waals surface area contributed by atoms with Crippen molar-refractivity contribution in [1.29, 1.82) is 0 Å². The zero-order chi connectivity index (χ0) is 10.9. The maximum atomic E-state index is 12.6. The molecular formula is C10H9ClF2O. The summed E-state index contributed by atoms with van der Waals surface area (Å²) in [6, 6.07) is 2.94. The molecule has 0 unspecified atom stereocenters. The van der Waals surface area contributed by atoms with Gasteiger partial charge in [0.25, 0.3) is 6.43 Å². The number of rotatable bonds is 2.